The number of aromatic amines is 1. The van der Waals surface area contributed by atoms with Crippen LogP contribution in [0.2, 0.25) is 0 Å². The lowest BCUT2D eigenvalue weighted by Crippen LogP contribution is -2.41. The van der Waals surface area contributed by atoms with Gasteiger partial charge in [0.1, 0.15) is 22.8 Å². The van der Waals surface area contributed by atoms with Gasteiger partial charge < -0.3 is 19.9 Å². The molecule has 6 nitrogen and oxygen atoms in total. The molecule has 1 aromatic carbocycles. The molecule has 2 aliphatic heterocycles. The van der Waals surface area contributed by atoms with E-state index in [1.807, 2.05) is 30.4 Å². The highest BCUT2D eigenvalue weighted by molar-refractivity contribution is 5.94. The Hall–Kier alpha value is -3.33. The number of H-pyrrole nitrogens is 1. The van der Waals surface area contributed by atoms with Gasteiger partial charge in [-0.05, 0) is 37.2 Å². The number of amides is 1. The smallest absolute Gasteiger partial charge is 0.431 e. The maximum Gasteiger partial charge on any atom is 0.431 e. The fourth-order valence-electron chi connectivity index (χ4n) is 4.55. The van der Waals surface area contributed by atoms with Crippen LogP contribution >= 0.6 is 0 Å². The number of likely N-dealkylation sites (tertiary alicyclic amines) is 1. The van der Waals surface area contributed by atoms with Crippen molar-refractivity contribution in [1.29, 1.82) is 0 Å². The highest BCUT2D eigenvalue weighted by Crippen LogP contribution is 2.43. The minimum Gasteiger partial charge on any atom is -0.461 e. The summed E-state index contributed by atoms with van der Waals surface area (Å²) < 4.78 is 44.8. The van der Waals surface area contributed by atoms with Gasteiger partial charge in [0.15, 0.2) is 0 Å². The molecule has 172 valence electrons. The number of carbonyl (C=O) groups is 1. The lowest BCUT2D eigenvalue weighted by molar-refractivity contribution is -0.141. The molecule has 0 bridgehead atoms. The molecule has 5 rings (SSSR count). The fourth-order valence-corrected chi connectivity index (χ4v) is 4.55. The van der Waals surface area contributed by atoms with E-state index in [1.165, 1.54) is 0 Å². The molecule has 2 aromatic rings. The average molecular weight is 457 g/mol. The van der Waals surface area contributed by atoms with Crippen LogP contribution in [0.1, 0.15) is 52.0 Å². The van der Waals surface area contributed by atoms with Crippen LogP contribution in [0.3, 0.4) is 0 Å². The molecular weight excluding hydrogens is 435 g/mol. The first kappa shape index (κ1) is 21.5. The molecule has 1 unspecified atom stereocenters. The van der Waals surface area contributed by atoms with Crippen molar-refractivity contribution in [3.63, 3.8) is 0 Å². The van der Waals surface area contributed by atoms with Crippen molar-refractivity contribution in [2.24, 2.45) is 0 Å². The first-order valence-electron chi connectivity index (χ1n) is 10.7. The zero-order chi connectivity index (χ0) is 23.3. The largest absolute Gasteiger partial charge is 0.461 e. The van der Waals surface area contributed by atoms with Crippen LogP contribution in [0.25, 0.3) is 0 Å². The predicted octanol–water partition coefficient (Wildman–Crippen LogP) is 3.89. The molecule has 1 aromatic heterocycles. The molecule has 9 heteroatoms. The van der Waals surface area contributed by atoms with Gasteiger partial charge in [0.05, 0.1) is 6.04 Å². The van der Waals surface area contributed by atoms with Gasteiger partial charge in [0, 0.05) is 36.6 Å². The minimum absolute atomic E-state index is 0.382. The van der Waals surface area contributed by atoms with Gasteiger partial charge >= 0.3 is 6.18 Å². The van der Waals surface area contributed by atoms with Gasteiger partial charge in [-0.25, -0.2) is 0 Å². The first-order chi connectivity index (χ1) is 15.7. The molecule has 1 aliphatic carbocycles. The minimum atomic E-state index is -4.70. The van der Waals surface area contributed by atoms with Gasteiger partial charge in [0.2, 0.25) is 0 Å². The second-order valence-corrected chi connectivity index (χ2v) is 8.66. The van der Waals surface area contributed by atoms with Crippen molar-refractivity contribution in [2.75, 3.05) is 20.1 Å². The van der Waals surface area contributed by atoms with Gasteiger partial charge in [0.25, 0.3) is 11.5 Å². The first-order valence-corrected chi connectivity index (χ1v) is 10.7. The summed E-state index contributed by atoms with van der Waals surface area (Å²) in [6.45, 7) is 1.93. The highest BCUT2D eigenvalue weighted by Gasteiger charge is 2.35. The molecule has 1 saturated heterocycles. The number of pyridine rings is 1. The SMILES string of the molecule is CN1CC(c2ccc3c(c2)OC2=C(C=CCC2)C3NC(=O)c2ccc(C(F)(F)F)[nH]c2=O)C1. The molecule has 2 N–H and O–H groups in total. The number of fused-ring (bicyclic) bond motifs is 1. The summed E-state index contributed by atoms with van der Waals surface area (Å²) >= 11 is 0. The van der Waals surface area contributed by atoms with Gasteiger partial charge in [-0.2, -0.15) is 13.2 Å². The number of nitrogens with zero attached hydrogens (tertiary/aromatic N) is 1. The third-order valence-corrected chi connectivity index (χ3v) is 6.32. The van der Waals surface area contributed by atoms with E-state index in [0.717, 1.165) is 48.0 Å². The number of halogens is 3. The number of allylic oxidation sites excluding steroid dienone is 2. The Balaban J connectivity index is 1.47. The van der Waals surface area contributed by atoms with Gasteiger partial charge in [-0.3, -0.25) is 9.59 Å². The second-order valence-electron chi connectivity index (χ2n) is 8.66. The Bertz CT molecular complexity index is 1240. The summed E-state index contributed by atoms with van der Waals surface area (Å²) in [4.78, 5) is 29.1. The van der Waals surface area contributed by atoms with E-state index in [4.69, 9.17) is 4.74 Å². The van der Waals surface area contributed by atoms with Crippen LogP contribution in [0, 0.1) is 0 Å². The summed E-state index contributed by atoms with van der Waals surface area (Å²) in [5, 5.41) is 2.84. The Labute approximate surface area is 187 Å². The second kappa shape index (κ2) is 7.91. The van der Waals surface area contributed by atoms with E-state index < -0.39 is 29.4 Å². The van der Waals surface area contributed by atoms with E-state index in [1.54, 1.807) is 4.98 Å². The number of alkyl halides is 3. The van der Waals surface area contributed by atoms with Crippen LogP contribution in [0.15, 0.2) is 58.6 Å². The molecule has 3 heterocycles. The van der Waals surface area contributed by atoms with Crippen molar-refractivity contribution in [3.8, 4) is 5.75 Å². The third-order valence-electron chi connectivity index (χ3n) is 6.32. The zero-order valence-corrected chi connectivity index (χ0v) is 17.8. The number of carbonyl (C=O) groups excluding carboxylic acids is 1. The predicted molar refractivity (Wildman–Crippen MR) is 115 cm³/mol. The maximum atomic E-state index is 12.9. The van der Waals surface area contributed by atoms with E-state index in [0.29, 0.717) is 24.2 Å². The number of hydrogen-bond acceptors (Lipinski definition) is 4. The summed E-state index contributed by atoms with van der Waals surface area (Å²) in [5.74, 6) is 1.07. The lowest BCUT2D eigenvalue weighted by atomic mass is 9.86. The van der Waals surface area contributed by atoms with Gasteiger partial charge in [-0.1, -0.05) is 24.3 Å². The summed E-state index contributed by atoms with van der Waals surface area (Å²) in [6.07, 6.45) is 0.650. The number of likely N-dealkylation sites (N-methyl/N-ethyl adjacent to an activating group) is 1. The van der Waals surface area contributed by atoms with E-state index in [2.05, 4.69) is 17.3 Å². The third kappa shape index (κ3) is 3.97. The molecule has 33 heavy (non-hydrogen) atoms. The summed E-state index contributed by atoms with van der Waals surface area (Å²) in [7, 11) is 2.06. The van der Waals surface area contributed by atoms with Crippen molar-refractivity contribution in [3.05, 3.63) is 86.6 Å². The molecule has 1 amide bonds. The van der Waals surface area contributed by atoms with Crippen molar-refractivity contribution in [1.82, 2.24) is 15.2 Å². The maximum absolute atomic E-state index is 12.9. The molecule has 0 spiro atoms. The van der Waals surface area contributed by atoms with Gasteiger partial charge in [-0.15, -0.1) is 0 Å². The van der Waals surface area contributed by atoms with E-state index in [-0.39, 0.29) is 5.56 Å². The average Bonchev–Trinajstić information content (AvgIpc) is 2.75. The van der Waals surface area contributed by atoms with Crippen LogP contribution in [-0.2, 0) is 6.18 Å². The topological polar surface area (TPSA) is 74.4 Å². The number of aromatic nitrogens is 1. The molecule has 1 fully saturated rings. The number of nitrogens with one attached hydrogen (secondary N) is 2. The number of rotatable bonds is 3. The lowest BCUT2D eigenvalue weighted by Gasteiger charge is -2.37. The monoisotopic (exact) mass is 457 g/mol. The fraction of sp³-hybridized carbons (Fsp3) is 0.333. The standard InChI is InChI=1S/C24H22F3N3O3/c1-30-11-14(12-30)13-6-7-16-19(10-13)33-18-5-3-2-4-15(18)21(16)29-23(32)17-8-9-20(24(25,26)27)28-22(17)31/h2,4,6-10,14,21H,3,5,11-12H2,1H3,(H,28,31)(H,29,32). The Kier molecular flexibility index (Phi) is 5.16. The number of hydrogen-bond donors (Lipinski definition) is 2. The Morgan fingerprint density at radius 1 is 1.21 bits per heavy atom. The summed E-state index contributed by atoms with van der Waals surface area (Å²) in [6, 6.07) is 6.95. The van der Waals surface area contributed by atoms with E-state index >= 15 is 0 Å². The molecule has 0 saturated carbocycles. The van der Waals surface area contributed by atoms with Crippen molar-refractivity contribution in [2.45, 2.75) is 31.0 Å². The normalized spacial score (nSPS) is 20.5. The zero-order valence-electron chi connectivity index (χ0n) is 17.8. The number of benzene rings is 1. The molecule has 0 radical (unpaired) electrons. The molecule has 1 atom stereocenters. The Morgan fingerprint density at radius 2 is 2.00 bits per heavy atom. The Morgan fingerprint density at radius 3 is 2.70 bits per heavy atom. The highest BCUT2D eigenvalue weighted by atomic mass is 19.4. The summed E-state index contributed by atoms with van der Waals surface area (Å²) in [5.41, 5.74) is 0.0101. The van der Waals surface area contributed by atoms with Crippen molar-refractivity contribution >= 4 is 5.91 Å². The van der Waals surface area contributed by atoms with E-state index in [9.17, 15) is 22.8 Å². The quantitative estimate of drug-likeness (QED) is 0.734. The number of ether oxygens (including phenoxy) is 1. The molecular formula is C24H22F3N3O3. The van der Waals surface area contributed by atoms with Crippen LogP contribution in [0.4, 0.5) is 13.2 Å². The van der Waals surface area contributed by atoms with Crippen molar-refractivity contribution < 1.29 is 22.7 Å². The van der Waals surface area contributed by atoms with Crippen LogP contribution in [0.5, 0.6) is 5.75 Å². The van der Waals surface area contributed by atoms with Crippen LogP contribution < -0.4 is 15.6 Å². The molecule has 3 aliphatic rings. The van der Waals surface area contributed by atoms with Crippen LogP contribution in [-0.4, -0.2) is 35.9 Å².